The van der Waals surface area contributed by atoms with E-state index in [2.05, 4.69) is 5.32 Å². The molecule has 1 unspecified atom stereocenters. The van der Waals surface area contributed by atoms with Gasteiger partial charge in [0.2, 0.25) is 0 Å². The minimum Gasteiger partial charge on any atom is -0.481 e. The van der Waals surface area contributed by atoms with Crippen molar-refractivity contribution < 1.29 is 19.4 Å². The number of carboxylic acids is 1. The van der Waals surface area contributed by atoms with E-state index in [1.807, 2.05) is 6.07 Å². The lowest BCUT2D eigenvalue weighted by atomic mass is 10.0. The van der Waals surface area contributed by atoms with Crippen LogP contribution in [0.4, 0.5) is 10.5 Å². The Morgan fingerprint density at radius 1 is 1.35 bits per heavy atom. The Balaban J connectivity index is 2.10. The number of nitrogens with one attached hydrogen (secondary N) is 1. The second-order valence-electron chi connectivity index (χ2n) is 5.97. The van der Waals surface area contributed by atoms with Crippen LogP contribution < -0.4 is 5.32 Å². The molecule has 1 aliphatic rings. The van der Waals surface area contributed by atoms with Crippen LogP contribution in [0, 0.1) is 0 Å². The molecule has 0 fully saturated rings. The number of amides is 1. The molecule has 1 atom stereocenters. The number of carboxylic acid groups (broad SMARTS) is 1. The first-order valence-electron chi connectivity index (χ1n) is 6.62. The summed E-state index contributed by atoms with van der Waals surface area (Å²) in [6, 6.07) is 5.31. The van der Waals surface area contributed by atoms with Crippen LogP contribution in [0.25, 0.3) is 0 Å². The summed E-state index contributed by atoms with van der Waals surface area (Å²) in [5.41, 5.74) is 1.90. The zero-order chi connectivity index (χ0) is 14.9. The lowest BCUT2D eigenvalue weighted by Crippen LogP contribution is -2.27. The van der Waals surface area contributed by atoms with E-state index in [4.69, 9.17) is 9.84 Å². The van der Waals surface area contributed by atoms with E-state index >= 15 is 0 Å². The van der Waals surface area contributed by atoms with Gasteiger partial charge in [0.05, 0.1) is 5.92 Å². The van der Waals surface area contributed by atoms with Crippen molar-refractivity contribution in [2.75, 3.05) is 5.32 Å². The summed E-state index contributed by atoms with van der Waals surface area (Å²) < 4.78 is 5.18. The SMILES string of the molecule is CC(C)(C)OC(=O)Nc1ccc2c(c1)CCC2C(=O)O. The molecule has 2 rings (SSSR count). The second kappa shape index (κ2) is 5.15. The number of fused-ring (bicyclic) bond motifs is 1. The Labute approximate surface area is 117 Å². The van der Waals surface area contributed by atoms with Crippen molar-refractivity contribution in [1.82, 2.24) is 0 Å². The van der Waals surface area contributed by atoms with Crippen LogP contribution in [-0.4, -0.2) is 22.8 Å². The van der Waals surface area contributed by atoms with E-state index in [1.54, 1.807) is 32.9 Å². The number of hydrogen-bond donors (Lipinski definition) is 2. The molecule has 1 aromatic carbocycles. The van der Waals surface area contributed by atoms with Gasteiger partial charge in [0, 0.05) is 5.69 Å². The van der Waals surface area contributed by atoms with Crippen LogP contribution in [0.5, 0.6) is 0 Å². The van der Waals surface area contributed by atoms with Crippen molar-refractivity contribution in [3.8, 4) is 0 Å². The van der Waals surface area contributed by atoms with Crippen molar-refractivity contribution in [3.63, 3.8) is 0 Å². The standard InChI is InChI=1S/C15H19NO4/c1-15(2,3)20-14(19)16-10-5-7-11-9(8-10)4-6-12(11)13(17)18/h5,7-8,12H,4,6H2,1-3H3,(H,16,19)(H,17,18). The predicted octanol–water partition coefficient (Wildman–Crippen LogP) is 3.15. The van der Waals surface area contributed by atoms with E-state index in [0.717, 1.165) is 17.5 Å². The largest absolute Gasteiger partial charge is 0.481 e. The number of rotatable bonds is 2. The number of benzene rings is 1. The zero-order valence-corrected chi connectivity index (χ0v) is 11.9. The number of aryl methyl sites for hydroxylation is 1. The number of ether oxygens (including phenoxy) is 1. The van der Waals surface area contributed by atoms with Crippen molar-refractivity contribution >= 4 is 17.7 Å². The summed E-state index contributed by atoms with van der Waals surface area (Å²) >= 11 is 0. The van der Waals surface area contributed by atoms with Crippen molar-refractivity contribution in [2.45, 2.75) is 45.1 Å². The molecule has 0 spiro atoms. The zero-order valence-electron chi connectivity index (χ0n) is 11.9. The third-order valence-corrected chi connectivity index (χ3v) is 3.16. The molecule has 0 heterocycles. The Morgan fingerprint density at radius 3 is 2.65 bits per heavy atom. The van der Waals surface area contributed by atoms with E-state index in [0.29, 0.717) is 12.1 Å². The van der Waals surface area contributed by atoms with Crippen molar-refractivity contribution in [3.05, 3.63) is 29.3 Å². The highest BCUT2D eigenvalue weighted by Crippen LogP contribution is 2.34. The Bertz CT molecular complexity index is 545. The van der Waals surface area contributed by atoms with Gasteiger partial charge in [0.15, 0.2) is 0 Å². The molecule has 1 aliphatic carbocycles. The van der Waals surface area contributed by atoms with Gasteiger partial charge < -0.3 is 9.84 Å². The topological polar surface area (TPSA) is 75.6 Å². The molecule has 5 nitrogen and oxygen atoms in total. The lowest BCUT2D eigenvalue weighted by molar-refractivity contribution is -0.138. The molecule has 5 heteroatoms. The van der Waals surface area contributed by atoms with Crippen LogP contribution in [0.1, 0.15) is 44.2 Å². The molecule has 0 saturated heterocycles. The molecule has 0 bridgehead atoms. The summed E-state index contributed by atoms with van der Waals surface area (Å²) in [6.07, 6.45) is 0.821. The highest BCUT2D eigenvalue weighted by atomic mass is 16.6. The van der Waals surface area contributed by atoms with Gasteiger partial charge in [-0.25, -0.2) is 4.79 Å². The predicted molar refractivity (Wildman–Crippen MR) is 75.0 cm³/mol. The number of hydrogen-bond acceptors (Lipinski definition) is 3. The third-order valence-electron chi connectivity index (χ3n) is 3.16. The first-order chi connectivity index (χ1) is 9.26. The summed E-state index contributed by atoms with van der Waals surface area (Å²) in [7, 11) is 0. The minimum atomic E-state index is -0.795. The molecular weight excluding hydrogens is 258 g/mol. The third kappa shape index (κ3) is 3.29. The molecule has 0 saturated carbocycles. The van der Waals surface area contributed by atoms with Crippen LogP contribution in [0.3, 0.4) is 0 Å². The molecular formula is C15H19NO4. The van der Waals surface area contributed by atoms with Gasteiger partial charge in [-0.2, -0.15) is 0 Å². The average molecular weight is 277 g/mol. The normalized spacial score (nSPS) is 17.4. The Kier molecular flexibility index (Phi) is 3.70. The lowest BCUT2D eigenvalue weighted by Gasteiger charge is -2.19. The summed E-state index contributed by atoms with van der Waals surface area (Å²) in [5, 5.41) is 11.8. The first-order valence-corrected chi connectivity index (χ1v) is 6.62. The van der Waals surface area contributed by atoms with Crippen molar-refractivity contribution in [1.29, 1.82) is 0 Å². The van der Waals surface area contributed by atoms with Gasteiger partial charge >= 0.3 is 12.1 Å². The van der Waals surface area contributed by atoms with Crippen LogP contribution in [-0.2, 0) is 16.0 Å². The van der Waals surface area contributed by atoms with Crippen LogP contribution in [0.2, 0.25) is 0 Å². The first kappa shape index (κ1) is 14.4. The van der Waals surface area contributed by atoms with E-state index in [9.17, 15) is 9.59 Å². The summed E-state index contributed by atoms with van der Waals surface area (Å²) in [4.78, 5) is 22.8. The van der Waals surface area contributed by atoms with Gasteiger partial charge in [-0.1, -0.05) is 6.07 Å². The molecule has 1 aromatic rings. The van der Waals surface area contributed by atoms with Crippen molar-refractivity contribution in [2.24, 2.45) is 0 Å². The van der Waals surface area contributed by atoms with Gasteiger partial charge in [0.25, 0.3) is 0 Å². The molecule has 1 amide bonds. The quantitative estimate of drug-likeness (QED) is 0.870. The fourth-order valence-corrected chi connectivity index (χ4v) is 2.37. The molecule has 0 radical (unpaired) electrons. The molecule has 108 valence electrons. The highest BCUT2D eigenvalue weighted by molar-refractivity contribution is 5.85. The average Bonchev–Trinajstić information content (AvgIpc) is 2.68. The maximum Gasteiger partial charge on any atom is 0.412 e. The Hall–Kier alpha value is -2.04. The molecule has 2 N–H and O–H groups in total. The summed E-state index contributed by atoms with van der Waals surface area (Å²) in [6.45, 7) is 5.40. The molecule has 20 heavy (non-hydrogen) atoms. The van der Waals surface area contributed by atoms with Crippen LogP contribution >= 0.6 is 0 Å². The monoisotopic (exact) mass is 277 g/mol. The van der Waals surface area contributed by atoms with Gasteiger partial charge in [0.1, 0.15) is 5.60 Å². The van der Waals surface area contributed by atoms with E-state index in [1.165, 1.54) is 0 Å². The van der Waals surface area contributed by atoms with Gasteiger partial charge in [-0.3, -0.25) is 10.1 Å². The van der Waals surface area contributed by atoms with Crippen LogP contribution in [0.15, 0.2) is 18.2 Å². The summed E-state index contributed by atoms with van der Waals surface area (Å²) in [5.74, 6) is -1.22. The highest BCUT2D eigenvalue weighted by Gasteiger charge is 2.28. The maximum absolute atomic E-state index is 11.7. The van der Waals surface area contributed by atoms with E-state index < -0.39 is 23.6 Å². The van der Waals surface area contributed by atoms with Gasteiger partial charge in [-0.15, -0.1) is 0 Å². The Morgan fingerprint density at radius 2 is 2.05 bits per heavy atom. The number of aliphatic carboxylic acids is 1. The maximum atomic E-state index is 11.7. The van der Waals surface area contributed by atoms with E-state index in [-0.39, 0.29) is 0 Å². The smallest absolute Gasteiger partial charge is 0.412 e. The van der Waals surface area contributed by atoms with Gasteiger partial charge in [-0.05, 0) is 56.9 Å². The molecule has 0 aliphatic heterocycles. The minimum absolute atomic E-state index is 0.430. The number of carbonyl (C=O) groups excluding carboxylic acids is 1. The number of anilines is 1. The number of carbonyl (C=O) groups is 2. The fraction of sp³-hybridized carbons (Fsp3) is 0.467. The molecule has 0 aromatic heterocycles. The second-order valence-corrected chi connectivity index (χ2v) is 5.97. The fourth-order valence-electron chi connectivity index (χ4n) is 2.37.